The first-order chi connectivity index (χ1) is 23.3. The molecule has 0 radical (unpaired) electrons. The zero-order chi connectivity index (χ0) is 36.1. The van der Waals surface area contributed by atoms with Crippen LogP contribution in [0.25, 0.3) is 0 Å². The molecule has 276 valence electrons. The van der Waals surface area contributed by atoms with Gasteiger partial charge in [0.15, 0.2) is 5.78 Å². The smallest absolute Gasteiger partial charge is 0.160 e. The van der Waals surface area contributed by atoms with Crippen LogP contribution in [0.2, 0.25) is 0 Å². The molecule has 0 amide bonds. The topological polar surface area (TPSA) is 188 Å². The van der Waals surface area contributed by atoms with Crippen molar-refractivity contribution >= 4 is 5.78 Å². The van der Waals surface area contributed by atoms with Crippen molar-refractivity contribution in [3.8, 4) is 11.5 Å². The van der Waals surface area contributed by atoms with Crippen molar-refractivity contribution in [2.75, 3.05) is 6.61 Å². The molecule has 50 heavy (non-hydrogen) atoms. The van der Waals surface area contributed by atoms with E-state index in [9.17, 15) is 45.6 Å². The van der Waals surface area contributed by atoms with Gasteiger partial charge in [0.05, 0.1) is 35.1 Å². The summed E-state index contributed by atoms with van der Waals surface area (Å²) in [5.41, 5.74) is -6.45. The normalized spacial score (nSPS) is 53.7. The van der Waals surface area contributed by atoms with Crippen LogP contribution in [0.4, 0.5) is 0 Å². The van der Waals surface area contributed by atoms with Crippen molar-refractivity contribution in [2.45, 2.75) is 139 Å². The van der Waals surface area contributed by atoms with Gasteiger partial charge in [0.25, 0.3) is 0 Å². The predicted molar refractivity (Wildman–Crippen MR) is 182 cm³/mol. The number of phenols is 2. The Morgan fingerprint density at radius 3 is 2.40 bits per heavy atom. The molecule has 16 atom stereocenters. The first-order valence-electron chi connectivity index (χ1n) is 19.0. The molecule has 1 aliphatic heterocycles. The standard InChI is InChI=1S/C40H56O10/c1-19-7-6-10-40(34(46)20(19)2)37(5,47)33-29(50-40)17-39(49)26-16-28(44)32-31-24-14-22(42)15-27(43)23(24)8-11-38(31,48)30(45)18-35(32,3)25(26)13-21(9-12-41)36(33,39)4/h14-16,19-21,25,29-34,41-43,45-49H,6-13,17-18H2,1-5H3. The van der Waals surface area contributed by atoms with Gasteiger partial charge in [-0.2, -0.15) is 0 Å². The van der Waals surface area contributed by atoms with Crippen LogP contribution in [0.3, 0.4) is 0 Å². The third kappa shape index (κ3) is 3.97. The lowest BCUT2D eigenvalue weighted by atomic mass is 9.39. The van der Waals surface area contributed by atoms with E-state index in [2.05, 4.69) is 6.92 Å². The Balaban J connectivity index is 1.27. The maximum Gasteiger partial charge on any atom is 0.160 e. The zero-order valence-electron chi connectivity index (χ0n) is 30.0. The Morgan fingerprint density at radius 1 is 0.980 bits per heavy atom. The van der Waals surface area contributed by atoms with Crippen LogP contribution in [-0.4, -0.2) is 94.0 Å². The van der Waals surface area contributed by atoms with E-state index in [1.165, 1.54) is 12.1 Å². The number of aromatic hydroxyl groups is 2. The maximum absolute atomic E-state index is 14.7. The molecule has 0 bridgehead atoms. The highest BCUT2D eigenvalue weighted by Crippen LogP contribution is 2.75. The minimum absolute atomic E-state index is 0.101. The van der Waals surface area contributed by atoms with E-state index in [0.717, 1.165) is 12.8 Å². The number of allylic oxidation sites excluding steroid dienone is 1. The van der Waals surface area contributed by atoms with Crippen LogP contribution in [0.5, 0.6) is 11.5 Å². The second kappa shape index (κ2) is 10.8. The van der Waals surface area contributed by atoms with E-state index >= 15 is 0 Å². The van der Waals surface area contributed by atoms with Gasteiger partial charge in [-0.05, 0) is 103 Å². The van der Waals surface area contributed by atoms with Gasteiger partial charge in [-0.1, -0.05) is 40.5 Å². The van der Waals surface area contributed by atoms with Crippen molar-refractivity contribution in [3.63, 3.8) is 0 Å². The number of hydrogen-bond acceptors (Lipinski definition) is 10. The summed E-state index contributed by atoms with van der Waals surface area (Å²) in [5.74, 6) is -3.53. The molecule has 1 saturated heterocycles. The minimum Gasteiger partial charge on any atom is -0.508 e. The third-order valence-corrected chi connectivity index (χ3v) is 16.6. The van der Waals surface area contributed by atoms with Crippen molar-refractivity contribution in [1.82, 2.24) is 0 Å². The molecule has 0 aromatic heterocycles. The molecule has 4 saturated carbocycles. The third-order valence-electron chi connectivity index (χ3n) is 16.6. The highest BCUT2D eigenvalue weighted by atomic mass is 16.6. The number of benzene rings is 1. The lowest BCUT2D eigenvalue weighted by Gasteiger charge is -2.66. The van der Waals surface area contributed by atoms with Crippen molar-refractivity contribution < 1.29 is 50.4 Å². The summed E-state index contributed by atoms with van der Waals surface area (Å²) < 4.78 is 6.93. The second-order valence-electron chi connectivity index (χ2n) is 18.4. The van der Waals surface area contributed by atoms with Gasteiger partial charge in [-0.3, -0.25) is 4.79 Å². The maximum atomic E-state index is 14.7. The fraction of sp³-hybridized carbons (Fsp3) is 0.775. The zero-order valence-corrected chi connectivity index (χ0v) is 30.0. The van der Waals surface area contributed by atoms with Gasteiger partial charge in [0.2, 0.25) is 0 Å². The van der Waals surface area contributed by atoms with Gasteiger partial charge >= 0.3 is 0 Å². The molecular formula is C40H56O10. The average molecular weight is 697 g/mol. The molecule has 8 rings (SSSR count). The van der Waals surface area contributed by atoms with Gasteiger partial charge in [0.1, 0.15) is 17.1 Å². The number of aliphatic hydroxyl groups excluding tert-OH is 3. The van der Waals surface area contributed by atoms with E-state index < -0.39 is 75.2 Å². The van der Waals surface area contributed by atoms with E-state index in [4.69, 9.17) is 4.74 Å². The summed E-state index contributed by atoms with van der Waals surface area (Å²) in [6.45, 7) is 9.66. The summed E-state index contributed by atoms with van der Waals surface area (Å²) in [6, 6.07) is 2.75. The van der Waals surface area contributed by atoms with E-state index in [-0.39, 0.29) is 67.3 Å². The van der Waals surface area contributed by atoms with Gasteiger partial charge in [0, 0.05) is 42.3 Å². The van der Waals surface area contributed by atoms with Gasteiger partial charge in [-0.25, -0.2) is 0 Å². The van der Waals surface area contributed by atoms with Gasteiger partial charge < -0.3 is 45.6 Å². The lowest BCUT2D eigenvalue weighted by molar-refractivity contribution is -0.233. The number of fused-ring (bicyclic) bond motifs is 11. The van der Waals surface area contributed by atoms with Crippen LogP contribution >= 0.6 is 0 Å². The van der Waals surface area contributed by atoms with Crippen molar-refractivity contribution in [1.29, 1.82) is 0 Å². The van der Waals surface area contributed by atoms with E-state index in [1.807, 2.05) is 20.8 Å². The highest BCUT2D eigenvalue weighted by Gasteiger charge is 2.81. The fourth-order valence-corrected chi connectivity index (χ4v) is 13.9. The number of rotatable bonds is 2. The number of carbonyl (C=O) groups excluding carboxylic acids is 1. The Kier molecular flexibility index (Phi) is 7.54. The number of ketones is 1. The van der Waals surface area contributed by atoms with Crippen LogP contribution < -0.4 is 0 Å². The first-order valence-corrected chi connectivity index (χ1v) is 19.0. The Bertz CT molecular complexity index is 1640. The van der Waals surface area contributed by atoms with Gasteiger partial charge in [-0.15, -0.1) is 0 Å². The molecule has 16 unspecified atom stereocenters. The molecule has 1 aromatic carbocycles. The summed E-state index contributed by atoms with van der Waals surface area (Å²) in [6.07, 6.45) is 2.41. The molecule has 7 aliphatic rings. The molecule has 5 fully saturated rings. The molecule has 1 spiro atoms. The molecule has 1 heterocycles. The van der Waals surface area contributed by atoms with E-state index in [0.29, 0.717) is 36.0 Å². The van der Waals surface area contributed by atoms with Crippen LogP contribution in [0.15, 0.2) is 23.8 Å². The number of aliphatic hydroxyl groups is 6. The predicted octanol–water partition coefficient (Wildman–Crippen LogP) is 3.24. The van der Waals surface area contributed by atoms with Crippen LogP contribution in [-0.2, 0) is 16.0 Å². The van der Waals surface area contributed by atoms with Crippen LogP contribution in [0.1, 0.15) is 103 Å². The van der Waals surface area contributed by atoms with Crippen LogP contribution in [0, 0.1) is 46.3 Å². The largest absolute Gasteiger partial charge is 0.508 e. The summed E-state index contributed by atoms with van der Waals surface area (Å²) in [7, 11) is 0. The van der Waals surface area contributed by atoms with Crippen molar-refractivity contribution in [2.24, 2.45) is 46.3 Å². The Labute approximate surface area is 294 Å². The summed E-state index contributed by atoms with van der Waals surface area (Å²) in [5, 5.41) is 93.8. The number of hydrogen-bond donors (Lipinski definition) is 8. The quantitative estimate of drug-likeness (QED) is 0.228. The molecule has 10 nitrogen and oxygen atoms in total. The highest BCUT2D eigenvalue weighted by molar-refractivity contribution is 5.96. The second-order valence-corrected chi connectivity index (χ2v) is 18.4. The fourth-order valence-electron chi connectivity index (χ4n) is 13.9. The number of phenolic OH excluding ortho intramolecular Hbond substituents is 2. The molecule has 6 aliphatic carbocycles. The molecule has 10 heteroatoms. The molecule has 8 N–H and O–H groups in total. The first kappa shape index (κ1) is 35.0. The summed E-state index contributed by atoms with van der Waals surface area (Å²) >= 11 is 0. The Hall–Kier alpha value is -2.05. The molecule has 1 aromatic rings. The molecular weight excluding hydrogens is 640 g/mol. The lowest BCUT2D eigenvalue weighted by Crippen LogP contribution is -2.70. The Morgan fingerprint density at radius 2 is 1.70 bits per heavy atom. The summed E-state index contributed by atoms with van der Waals surface area (Å²) in [4.78, 5) is 14.7. The average Bonchev–Trinajstić information content (AvgIpc) is 3.36. The number of carbonyl (C=O) groups is 1. The SMILES string of the molecule is CC1CCCC2(OC3CC4(O)C5=CC(=O)C6C7c8cc(O)cc(O)c8CCC7(O)C(O)CC6(C)C5CC(CCO)C4(C)C3C2(C)O)C(O)C1C. The number of ether oxygens (including phenoxy) is 1. The minimum atomic E-state index is -1.66. The monoisotopic (exact) mass is 696 g/mol. The van der Waals surface area contributed by atoms with E-state index in [1.54, 1.807) is 13.0 Å². The van der Waals surface area contributed by atoms with Crippen molar-refractivity contribution in [3.05, 3.63) is 34.9 Å².